The Morgan fingerprint density at radius 3 is 2.26 bits per heavy atom. The molecule has 5 nitrogen and oxygen atoms in total. The first kappa shape index (κ1) is 19.0. The summed E-state index contributed by atoms with van der Waals surface area (Å²) in [6, 6.07) is 13.9. The van der Waals surface area contributed by atoms with Crippen LogP contribution in [-0.2, 0) is 17.9 Å². The molecule has 0 aliphatic rings. The zero-order valence-corrected chi connectivity index (χ0v) is 16.5. The molecule has 142 valence electrons. The van der Waals surface area contributed by atoms with Gasteiger partial charge in [0.1, 0.15) is 0 Å². The molecule has 3 rings (SSSR count). The van der Waals surface area contributed by atoms with Crippen molar-refractivity contribution in [1.29, 1.82) is 0 Å². The van der Waals surface area contributed by atoms with E-state index < -0.39 is 0 Å². The van der Waals surface area contributed by atoms with E-state index in [4.69, 9.17) is 0 Å². The van der Waals surface area contributed by atoms with Crippen molar-refractivity contribution in [3.05, 3.63) is 64.1 Å². The van der Waals surface area contributed by atoms with Gasteiger partial charge in [0.05, 0.1) is 11.0 Å². The molecule has 0 atom stereocenters. The number of imidazole rings is 1. The molecule has 1 amide bonds. The normalized spacial score (nSPS) is 11.1. The summed E-state index contributed by atoms with van der Waals surface area (Å²) in [5.41, 5.74) is 4.95. The van der Waals surface area contributed by atoms with Crippen molar-refractivity contribution in [2.45, 2.75) is 47.2 Å². The lowest BCUT2D eigenvalue weighted by Crippen LogP contribution is -2.33. The lowest BCUT2D eigenvalue weighted by molar-refractivity contribution is -0.118. The smallest absolute Gasteiger partial charge is 0.312 e. The van der Waals surface area contributed by atoms with E-state index in [2.05, 4.69) is 6.07 Å². The van der Waals surface area contributed by atoms with Crippen LogP contribution in [-0.4, -0.2) is 21.6 Å². The minimum atomic E-state index is -0.0546. The summed E-state index contributed by atoms with van der Waals surface area (Å²) in [5.74, 6) is 0.0321. The number of carbonyl (C=O) groups excluding carboxylic acids is 1. The lowest BCUT2D eigenvalue weighted by atomic mass is 10.1. The standard InChI is InChI=1S/C22H27N3O2/c1-5-23(18-12-11-16(3)15-17(18)4)21(26)13-14-25-20-10-8-7-9-19(20)24(6-2)22(25)27/h7-12,15H,5-6,13-14H2,1-4H3. The number of carbonyl (C=O) groups is 1. The highest BCUT2D eigenvalue weighted by Gasteiger charge is 2.18. The van der Waals surface area contributed by atoms with Gasteiger partial charge in [-0.05, 0) is 51.5 Å². The highest BCUT2D eigenvalue weighted by atomic mass is 16.2. The van der Waals surface area contributed by atoms with Crippen molar-refractivity contribution in [3.63, 3.8) is 0 Å². The molecule has 0 N–H and O–H groups in total. The van der Waals surface area contributed by atoms with Gasteiger partial charge in [-0.15, -0.1) is 0 Å². The van der Waals surface area contributed by atoms with Crippen molar-refractivity contribution in [2.24, 2.45) is 0 Å². The Bertz CT molecular complexity index is 1030. The van der Waals surface area contributed by atoms with Gasteiger partial charge in [0.15, 0.2) is 0 Å². The Morgan fingerprint density at radius 1 is 1.00 bits per heavy atom. The van der Waals surface area contributed by atoms with Crippen LogP contribution in [0, 0.1) is 13.8 Å². The van der Waals surface area contributed by atoms with Gasteiger partial charge in [-0.25, -0.2) is 4.79 Å². The van der Waals surface area contributed by atoms with Crippen LogP contribution in [0.15, 0.2) is 47.3 Å². The third-order valence-corrected chi connectivity index (χ3v) is 5.05. The predicted octanol–water partition coefficient (Wildman–Crippen LogP) is 3.88. The van der Waals surface area contributed by atoms with Gasteiger partial charge in [0.25, 0.3) is 0 Å². The molecule has 0 aliphatic carbocycles. The highest BCUT2D eigenvalue weighted by molar-refractivity contribution is 5.94. The zero-order valence-electron chi connectivity index (χ0n) is 16.5. The second kappa shape index (κ2) is 7.82. The van der Waals surface area contributed by atoms with Gasteiger partial charge >= 0.3 is 5.69 Å². The van der Waals surface area contributed by atoms with Crippen LogP contribution in [0.2, 0.25) is 0 Å². The fraction of sp³-hybridized carbons (Fsp3) is 0.364. The second-order valence-electron chi connectivity index (χ2n) is 6.85. The number of amides is 1. The first-order valence-electron chi connectivity index (χ1n) is 9.53. The highest BCUT2D eigenvalue weighted by Crippen LogP contribution is 2.22. The average molecular weight is 365 g/mol. The van der Waals surface area contributed by atoms with E-state index in [0.29, 0.717) is 26.1 Å². The van der Waals surface area contributed by atoms with Crippen molar-refractivity contribution >= 4 is 22.6 Å². The summed E-state index contributed by atoms with van der Waals surface area (Å²) in [4.78, 5) is 27.5. The van der Waals surface area contributed by atoms with Crippen LogP contribution in [0.3, 0.4) is 0 Å². The molecule has 1 heterocycles. The monoisotopic (exact) mass is 365 g/mol. The first-order chi connectivity index (χ1) is 13.0. The summed E-state index contributed by atoms with van der Waals surface area (Å²) >= 11 is 0. The number of hydrogen-bond donors (Lipinski definition) is 0. The summed E-state index contributed by atoms with van der Waals surface area (Å²) < 4.78 is 3.47. The summed E-state index contributed by atoms with van der Waals surface area (Å²) in [5, 5.41) is 0. The molecule has 3 aromatic rings. The molecule has 0 radical (unpaired) electrons. The van der Waals surface area contributed by atoms with E-state index in [1.54, 1.807) is 14.0 Å². The molecule has 0 aliphatic heterocycles. The number of rotatable bonds is 6. The topological polar surface area (TPSA) is 47.2 Å². The number of nitrogens with zero attached hydrogens (tertiary/aromatic N) is 3. The van der Waals surface area contributed by atoms with E-state index in [1.807, 2.05) is 64.1 Å². The maximum Gasteiger partial charge on any atom is 0.329 e. The maximum atomic E-state index is 12.9. The summed E-state index contributed by atoms with van der Waals surface area (Å²) in [6.07, 6.45) is 0.290. The Kier molecular flexibility index (Phi) is 5.49. The molecule has 1 aromatic heterocycles. The maximum absolute atomic E-state index is 12.9. The van der Waals surface area contributed by atoms with Crippen LogP contribution in [0.25, 0.3) is 11.0 Å². The van der Waals surface area contributed by atoms with Crippen molar-refractivity contribution in [1.82, 2.24) is 9.13 Å². The molecule has 2 aromatic carbocycles. The molecular formula is C22H27N3O2. The van der Waals surface area contributed by atoms with Crippen LogP contribution in [0.1, 0.15) is 31.4 Å². The third kappa shape index (κ3) is 3.54. The molecule has 0 unspecified atom stereocenters. The number of para-hydroxylation sites is 2. The number of benzene rings is 2. The van der Waals surface area contributed by atoms with E-state index in [-0.39, 0.29) is 11.6 Å². The van der Waals surface area contributed by atoms with Gasteiger partial charge in [0, 0.05) is 31.7 Å². The quantitative estimate of drug-likeness (QED) is 0.665. The Morgan fingerprint density at radius 2 is 1.67 bits per heavy atom. The molecule has 0 spiro atoms. The van der Waals surface area contributed by atoms with E-state index in [0.717, 1.165) is 22.3 Å². The Balaban J connectivity index is 1.86. The summed E-state index contributed by atoms with van der Waals surface area (Å²) in [7, 11) is 0. The SMILES string of the molecule is CCN(C(=O)CCn1c(=O)n(CC)c2ccccc21)c1ccc(C)cc1C. The van der Waals surface area contributed by atoms with Crippen molar-refractivity contribution in [2.75, 3.05) is 11.4 Å². The van der Waals surface area contributed by atoms with E-state index in [9.17, 15) is 9.59 Å². The molecular weight excluding hydrogens is 338 g/mol. The number of anilines is 1. The van der Waals surface area contributed by atoms with Crippen molar-refractivity contribution < 1.29 is 4.79 Å². The van der Waals surface area contributed by atoms with Crippen LogP contribution >= 0.6 is 0 Å². The minimum Gasteiger partial charge on any atom is -0.312 e. The largest absolute Gasteiger partial charge is 0.329 e. The Hall–Kier alpha value is -2.82. The average Bonchev–Trinajstić information content (AvgIpc) is 2.93. The predicted molar refractivity (Wildman–Crippen MR) is 110 cm³/mol. The second-order valence-corrected chi connectivity index (χ2v) is 6.85. The molecule has 0 fully saturated rings. The van der Waals surface area contributed by atoms with Gasteiger partial charge in [-0.3, -0.25) is 13.9 Å². The summed E-state index contributed by atoms with van der Waals surface area (Å²) in [6.45, 7) is 9.61. The number of aryl methyl sites for hydroxylation is 4. The van der Waals surface area contributed by atoms with Crippen molar-refractivity contribution in [3.8, 4) is 0 Å². The number of aromatic nitrogens is 2. The van der Waals surface area contributed by atoms with Crippen LogP contribution in [0.5, 0.6) is 0 Å². The van der Waals surface area contributed by atoms with Crippen LogP contribution in [0.4, 0.5) is 5.69 Å². The fourth-order valence-corrected chi connectivity index (χ4v) is 3.73. The molecule has 27 heavy (non-hydrogen) atoms. The number of hydrogen-bond acceptors (Lipinski definition) is 2. The molecule has 0 saturated carbocycles. The zero-order chi connectivity index (χ0) is 19.6. The number of fused-ring (bicyclic) bond motifs is 1. The molecule has 5 heteroatoms. The third-order valence-electron chi connectivity index (χ3n) is 5.05. The molecule has 0 saturated heterocycles. The van der Waals surface area contributed by atoms with Crippen LogP contribution < -0.4 is 10.6 Å². The minimum absolute atomic E-state index is 0.0321. The van der Waals surface area contributed by atoms with Gasteiger partial charge in [0.2, 0.25) is 5.91 Å². The first-order valence-corrected chi connectivity index (χ1v) is 9.53. The van der Waals surface area contributed by atoms with E-state index in [1.165, 1.54) is 5.56 Å². The lowest BCUT2D eigenvalue weighted by Gasteiger charge is -2.23. The van der Waals surface area contributed by atoms with Gasteiger partial charge in [-0.1, -0.05) is 29.8 Å². The van der Waals surface area contributed by atoms with Gasteiger partial charge < -0.3 is 4.90 Å². The Labute approximate surface area is 159 Å². The van der Waals surface area contributed by atoms with Gasteiger partial charge in [-0.2, -0.15) is 0 Å². The fourth-order valence-electron chi connectivity index (χ4n) is 3.73. The molecule has 0 bridgehead atoms. The van der Waals surface area contributed by atoms with E-state index >= 15 is 0 Å².